The first kappa shape index (κ1) is 17.2. The summed E-state index contributed by atoms with van der Waals surface area (Å²) >= 11 is 0. The summed E-state index contributed by atoms with van der Waals surface area (Å²) in [6, 6.07) is 18.4. The Morgan fingerprint density at radius 1 is 0.964 bits per heavy atom. The minimum atomic E-state index is -0.125. The predicted octanol–water partition coefficient (Wildman–Crippen LogP) is 3.45. The van der Waals surface area contributed by atoms with Crippen molar-refractivity contribution in [2.24, 2.45) is 0 Å². The fourth-order valence-electron chi connectivity index (χ4n) is 4.42. The van der Waals surface area contributed by atoms with E-state index < -0.39 is 0 Å². The molecule has 2 aromatic carbocycles. The topological polar surface area (TPSA) is 45.7 Å². The van der Waals surface area contributed by atoms with E-state index in [0.717, 1.165) is 44.3 Å². The minimum absolute atomic E-state index is 0.125. The van der Waals surface area contributed by atoms with Crippen molar-refractivity contribution in [3.05, 3.63) is 66.4 Å². The molecule has 142 valence electrons. The van der Waals surface area contributed by atoms with Gasteiger partial charge in [0, 0.05) is 50.4 Å². The van der Waals surface area contributed by atoms with Gasteiger partial charge in [0.05, 0.1) is 6.42 Å². The molecule has 0 amide bonds. The second-order valence-corrected chi connectivity index (χ2v) is 7.55. The van der Waals surface area contributed by atoms with E-state index >= 15 is 0 Å². The molecule has 1 unspecified atom stereocenters. The zero-order chi connectivity index (χ0) is 18.9. The minimum Gasteiger partial charge on any atom is -0.426 e. The second kappa shape index (κ2) is 7.24. The Balaban J connectivity index is 1.35. The highest BCUT2D eigenvalue weighted by molar-refractivity contribution is 5.91. The predicted molar refractivity (Wildman–Crippen MR) is 110 cm³/mol. The molecule has 1 fully saturated rings. The van der Waals surface area contributed by atoms with Crippen LogP contribution < -0.4 is 9.64 Å². The lowest BCUT2D eigenvalue weighted by atomic mass is 9.88. The highest BCUT2D eigenvalue weighted by Crippen LogP contribution is 2.40. The van der Waals surface area contributed by atoms with Crippen molar-refractivity contribution < 1.29 is 9.53 Å². The third kappa shape index (κ3) is 3.22. The van der Waals surface area contributed by atoms with Crippen LogP contribution in [-0.4, -0.2) is 48.6 Å². The third-order valence-electron chi connectivity index (χ3n) is 5.80. The molecule has 28 heavy (non-hydrogen) atoms. The maximum absolute atomic E-state index is 12.2. The van der Waals surface area contributed by atoms with Crippen LogP contribution in [0.1, 0.15) is 17.9 Å². The maximum Gasteiger partial charge on any atom is 0.311 e. The van der Waals surface area contributed by atoms with Gasteiger partial charge in [-0.3, -0.25) is 9.69 Å². The number of esters is 1. The van der Waals surface area contributed by atoms with Gasteiger partial charge in [0.1, 0.15) is 11.6 Å². The van der Waals surface area contributed by atoms with E-state index in [4.69, 9.17) is 4.74 Å². The zero-order valence-corrected chi connectivity index (χ0v) is 15.8. The van der Waals surface area contributed by atoms with Gasteiger partial charge in [-0.1, -0.05) is 36.4 Å². The van der Waals surface area contributed by atoms with Gasteiger partial charge in [0.2, 0.25) is 0 Å². The Morgan fingerprint density at radius 3 is 2.61 bits per heavy atom. The van der Waals surface area contributed by atoms with E-state index in [2.05, 4.69) is 45.1 Å². The normalized spacial score (nSPS) is 20.1. The Hall–Kier alpha value is -2.92. The average Bonchev–Trinajstić information content (AvgIpc) is 2.74. The molecule has 1 aromatic heterocycles. The summed E-state index contributed by atoms with van der Waals surface area (Å²) in [5.74, 6) is 1.82. The third-order valence-corrected chi connectivity index (χ3v) is 5.80. The van der Waals surface area contributed by atoms with Gasteiger partial charge in [-0.2, -0.15) is 0 Å². The van der Waals surface area contributed by atoms with E-state index in [-0.39, 0.29) is 11.9 Å². The Labute approximate surface area is 164 Å². The van der Waals surface area contributed by atoms with Crippen molar-refractivity contribution in [2.45, 2.75) is 12.3 Å². The molecule has 0 radical (unpaired) electrons. The molecule has 5 heteroatoms. The van der Waals surface area contributed by atoms with Crippen LogP contribution in [0.2, 0.25) is 0 Å². The summed E-state index contributed by atoms with van der Waals surface area (Å²) in [7, 11) is 0. The lowest BCUT2D eigenvalue weighted by Crippen LogP contribution is -2.48. The quantitative estimate of drug-likeness (QED) is 0.520. The van der Waals surface area contributed by atoms with E-state index in [1.807, 2.05) is 30.5 Å². The molecule has 5 rings (SSSR count). The molecule has 0 bridgehead atoms. The molecule has 3 heterocycles. The molecule has 0 spiro atoms. The highest BCUT2D eigenvalue weighted by atomic mass is 16.5. The lowest BCUT2D eigenvalue weighted by molar-refractivity contribution is -0.136. The number of ether oxygens (including phenoxy) is 1. The molecular formula is C23H23N3O2. The van der Waals surface area contributed by atoms with E-state index in [9.17, 15) is 4.79 Å². The number of carbonyl (C=O) groups excluding carboxylic acids is 1. The highest BCUT2D eigenvalue weighted by Gasteiger charge is 2.31. The molecule has 0 saturated carbocycles. The van der Waals surface area contributed by atoms with Crippen LogP contribution in [0, 0.1) is 0 Å². The molecule has 1 atom stereocenters. The number of benzene rings is 2. The van der Waals surface area contributed by atoms with Crippen molar-refractivity contribution in [2.75, 3.05) is 37.6 Å². The Morgan fingerprint density at radius 2 is 1.79 bits per heavy atom. The smallest absolute Gasteiger partial charge is 0.311 e. The largest absolute Gasteiger partial charge is 0.426 e. The van der Waals surface area contributed by atoms with Gasteiger partial charge >= 0.3 is 5.97 Å². The monoisotopic (exact) mass is 373 g/mol. The van der Waals surface area contributed by atoms with Crippen LogP contribution in [-0.2, 0) is 4.79 Å². The van der Waals surface area contributed by atoms with Gasteiger partial charge in [-0.05, 0) is 29.0 Å². The molecule has 0 aliphatic carbocycles. The summed E-state index contributed by atoms with van der Waals surface area (Å²) in [6.45, 7) is 4.74. The van der Waals surface area contributed by atoms with Crippen LogP contribution in [0.3, 0.4) is 0 Å². The molecule has 0 N–H and O–H groups in total. The Kier molecular flexibility index (Phi) is 4.45. The summed E-state index contributed by atoms with van der Waals surface area (Å²) < 4.78 is 5.56. The van der Waals surface area contributed by atoms with Crippen LogP contribution in [0.5, 0.6) is 5.75 Å². The van der Waals surface area contributed by atoms with Gasteiger partial charge in [0.25, 0.3) is 0 Å². The van der Waals surface area contributed by atoms with Gasteiger partial charge < -0.3 is 9.64 Å². The first-order chi connectivity index (χ1) is 13.8. The lowest BCUT2D eigenvalue weighted by Gasteiger charge is -2.38. The zero-order valence-electron chi connectivity index (χ0n) is 15.8. The summed E-state index contributed by atoms with van der Waals surface area (Å²) in [6.07, 6.45) is 2.29. The average molecular weight is 373 g/mol. The first-order valence-electron chi connectivity index (χ1n) is 9.88. The number of pyridine rings is 1. The van der Waals surface area contributed by atoms with Crippen LogP contribution in [0.4, 0.5) is 5.82 Å². The number of rotatable bonds is 3. The van der Waals surface area contributed by atoms with Crippen molar-refractivity contribution in [3.8, 4) is 5.75 Å². The van der Waals surface area contributed by atoms with Crippen LogP contribution in [0.15, 0.2) is 60.8 Å². The van der Waals surface area contributed by atoms with Gasteiger partial charge in [-0.25, -0.2) is 4.98 Å². The van der Waals surface area contributed by atoms with Crippen molar-refractivity contribution >= 4 is 22.6 Å². The maximum atomic E-state index is 12.2. The number of carbonyl (C=O) groups is 1. The molecule has 1 saturated heterocycles. The fraction of sp³-hybridized carbons (Fsp3) is 0.304. The van der Waals surface area contributed by atoms with E-state index in [1.54, 1.807) is 0 Å². The number of nitrogens with zero attached hydrogens (tertiary/aromatic N) is 3. The molecule has 5 nitrogen and oxygen atoms in total. The SMILES string of the molecule is O=C1CC(CN2CCN(c3ccccn3)CC2)c2c(ccc3ccccc23)O1. The summed E-state index contributed by atoms with van der Waals surface area (Å²) in [4.78, 5) is 21.5. The second-order valence-electron chi connectivity index (χ2n) is 7.55. The van der Waals surface area contributed by atoms with Crippen molar-refractivity contribution in [1.82, 2.24) is 9.88 Å². The molecular weight excluding hydrogens is 350 g/mol. The van der Waals surface area contributed by atoms with Crippen LogP contribution >= 0.6 is 0 Å². The number of aromatic nitrogens is 1. The van der Waals surface area contributed by atoms with Crippen molar-refractivity contribution in [3.63, 3.8) is 0 Å². The van der Waals surface area contributed by atoms with Crippen molar-refractivity contribution in [1.29, 1.82) is 0 Å². The number of anilines is 1. The molecule has 3 aromatic rings. The molecule has 2 aliphatic heterocycles. The van der Waals surface area contributed by atoms with Gasteiger partial charge in [-0.15, -0.1) is 0 Å². The number of hydrogen-bond acceptors (Lipinski definition) is 5. The van der Waals surface area contributed by atoms with Gasteiger partial charge in [0.15, 0.2) is 0 Å². The molecule has 2 aliphatic rings. The summed E-state index contributed by atoms with van der Waals surface area (Å²) in [5.41, 5.74) is 1.19. The fourth-order valence-corrected chi connectivity index (χ4v) is 4.42. The number of fused-ring (bicyclic) bond motifs is 3. The van der Waals surface area contributed by atoms with Crippen LogP contribution in [0.25, 0.3) is 10.8 Å². The standard InChI is InChI=1S/C23H23N3O2/c27-22-15-18(23-19-6-2-1-5-17(19)8-9-20(23)28-22)16-25-11-13-26(14-12-25)21-7-3-4-10-24-21/h1-10,18H,11-16H2. The first-order valence-corrected chi connectivity index (χ1v) is 9.88. The summed E-state index contributed by atoms with van der Waals surface area (Å²) in [5, 5.41) is 2.40. The number of hydrogen-bond donors (Lipinski definition) is 0. The van der Waals surface area contributed by atoms with E-state index in [0.29, 0.717) is 6.42 Å². The number of piperazine rings is 1. The van der Waals surface area contributed by atoms with E-state index in [1.165, 1.54) is 16.3 Å². The Bertz CT molecular complexity index is 997.